The fourth-order valence-corrected chi connectivity index (χ4v) is 3.72. The number of primary amides is 1. The lowest BCUT2D eigenvalue weighted by atomic mass is 9.75. The number of methoxy groups -OCH3 is 1. The zero-order valence-corrected chi connectivity index (χ0v) is 14.3. The summed E-state index contributed by atoms with van der Waals surface area (Å²) in [6, 6.07) is 7.54. The van der Waals surface area contributed by atoms with Crippen LogP contribution in [-0.4, -0.2) is 36.9 Å². The monoisotopic (exact) mass is 330 g/mol. The first-order valence-corrected chi connectivity index (χ1v) is 8.73. The van der Waals surface area contributed by atoms with Crippen molar-refractivity contribution in [3.05, 3.63) is 29.8 Å². The average molecular weight is 330 g/mol. The van der Waals surface area contributed by atoms with Gasteiger partial charge in [-0.25, -0.2) is 0 Å². The van der Waals surface area contributed by atoms with E-state index in [1.165, 1.54) is 12.8 Å². The molecule has 0 spiro atoms. The van der Waals surface area contributed by atoms with E-state index in [1.807, 2.05) is 29.2 Å². The van der Waals surface area contributed by atoms with Gasteiger partial charge in [0.2, 0.25) is 11.8 Å². The van der Waals surface area contributed by atoms with Crippen LogP contribution in [0, 0.1) is 11.3 Å². The Kier molecular flexibility index (Phi) is 4.78. The van der Waals surface area contributed by atoms with Gasteiger partial charge in [-0.3, -0.25) is 9.59 Å². The van der Waals surface area contributed by atoms with Crippen molar-refractivity contribution in [1.29, 1.82) is 0 Å². The summed E-state index contributed by atoms with van der Waals surface area (Å²) in [5, 5.41) is 0. The van der Waals surface area contributed by atoms with Crippen LogP contribution in [0.5, 0.6) is 5.75 Å². The number of amides is 2. The van der Waals surface area contributed by atoms with Gasteiger partial charge in [-0.15, -0.1) is 0 Å². The predicted octanol–water partition coefficient (Wildman–Crippen LogP) is 2.13. The van der Waals surface area contributed by atoms with Gasteiger partial charge in [-0.1, -0.05) is 25.0 Å². The van der Waals surface area contributed by atoms with Gasteiger partial charge in [0.05, 0.1) is 18.9 Å². The molecule has 1 saturated carbocycles. The Morgan fingerprint density at radius 3 is 2.58 bits per heavy atom. The third-order valence-electron chi connectivity index (χ3n) is 5.34. The molecule has 2 N–H and O–H groups in total. The summed E-state index contributed by atoms with van der Waals surface area (Å²) in [7, 11) is 1.62. The number of rotatable bonds is 6. The zero-order valence-electron chi connectivity index (χ0n) is 14.3. The summed E-state index contributed by atoms with van der Waals surface area (Å²) >= 11 is 0. The number of ether oxygens (including phenoxy) is 1. The molecule has 1 atom stereocenters. The molecule has 1 heterocycles. The normalized spacial score (nSPS) is 23.8. The Bertz CT molecular complexity index is 610. The van der Waals surface area contributed by atoms with E-state index < -0.39 is 5.41 Å². The summed E-state index contributed by atoms with van der Waals surface area (Å²) in [6.45, 7) is 1.20. The molecule has 1 aliphatic carbocycles. The Hall–Kier alpha value is -2.04. The van der Waals surface area contributed by atoms with Crippen molar-refractivity contribution in [2.45, 2.75) is 38.5 Å². The van der Waals surface area contributed by atoms with Gasteiger partial charge in [0.1, 0.15) is 5.75 Å². The maximum Gasteiger partial charge on any atom is 0.227 e. The van der Waals surface area contributed by atoms with Crippen LogP contribution >= 0.6 is 0 Å². The van der Waals surface area contributed by atoms with E-state index in [1.54, 1.807) is 7.11 Å². The van der Waals surface area contributed by atoms with E-state index in [2.05, 4.69) is 0 Å². The second-order valence-electron chi connectivity index (χ2n) is 7.24. The molecule has 2 amide bonds. The average Bonchev–Trinajstić information content (AvgIpc) is 3.39. The minimum Gasteiger partial charge on any atom is -0.497 e. The molecule has 0 aromatic heterocycles. The molecule has 2 aliphatic rings. The number of benzene rings is 1. The number of carbonyl (C=O) groups is 2. The molecule has 2 fully saturated rings. The third kappa shape index (κ3) is 3.71. The molecule has 0 bridgehead atoms. The largest absolute Gasteiger partial charge is 0.497 e. The van der Waals surface area contributed by atoms with Crippen LogP contribution in [0.4, 0.5) is 0 Å². The molecule has 1 saturated heterocycles. The number of likely N-dealkylation sites (tertiary alicyclic amines) is 1. The summed E-state index contributed by atoms with van der Waals surface area (Å²) < 4.78 is 5.14. The molecule has 1 aliphatic heterocycles. The van der Waals surface area contributed by atoms with Crippen molar-refractivity contribution in [3.8, 4) is 5.75 Å². The Labute approximate surface area is 143 Å². The predicted molar refractivity (Wildman–Crippen MR) is 91.5 cm³/mol. The lowest BCUT2D eigenvalue weighted by Gasteiger charge is -2.41. The SMILES string of the molecule is COc1ccc(CC(=O)N2CCCC(CC3CC3)(C(N)=O)C2)cc1. The number of carbonyl (C=O) groups excluding carboxylic acids is 2. The maximum absolute atomic E-state index is 12.7. The zero-order chi connectivity index (χ0) is 17.2. The van der Waals surface area contributed by atoms with E-state index >= 15 is 0 Å². The first-order valence-electron chi connectivity index (χ1n) is 8.73. The van der Waals surface area contributed by atoms with Crippen molar-refractivity contribution in [1.82, 2.24) is 4.90 Å². The van der Waals surface area contributed by atoms with Crippen LogP contribution < -0.4 is 10.5 Å². The minimum atomic E-state index is -0.519. The third-order valence-corrected chi connectivity index (χ3v) is 5.34. The molecule has 3 rings (SSSR count). The van der Waals surface area contributed by atoms with Gasteiger partial charge >= 0.3 is 0 Å². The highest BCUT2D eigenvalue weighted by Gasteiger charge is 2.45. The topological polar surface area (TPSA) is 72.6 Å². The standard InChI is InChI=1S/C19H26N2O3/c1-24-16-7-5-14(6-8-16)11-17(22)21-10-2-9-19(13-21,18(20)23)12-15-3-4-15/h5-8,15H,2-4,9-13H2,1H3,(H2,20,23). The molecular formula is C19H26N2O3. The molecule has 1 aromatic rings. The van der Waals surface area contributed by atoms with E-state index in [-0.39, 0.29) is 11.8 Å². The van der Waals surface area contributed by atoms with Crippen LogP contribution in [0.15, 0.2) is 24.3 Å². The highest BCUT2D eigenvalue weighted by atomic mass is 16.5. The van der Waals surface area contributed by atoms with Crippen molar-refractivity contribution < 1.29 is 14.3 Å². The van der Waals surface area contributed by atoms with Crippen LogP contribution in [0.3, 0.4) is 0 Å². The van der Waals surface area contributed by atoms with E-state index in [9.17, 15) is 9.59 Å². The van der Waals surface area contributed by atoms with Crippen LogP contribution in [-0.2, 0) is 16.0 Å². The van der Waals surface area contributed by atoms with Crippen LogP contribution in [0.2, 0.25) is 0 Å². The van der Waals surface area contributed by atoms with Crippen LogP contribution in [0.25, 0.3) is 0 Å². The quantitative estimate of drug-likeness (QED) is 0.868. The smallest absolute Gasteiger partial charge is 0.227 e. The van der Waals surface area contributed by atoms with Gasteiger partial charge in [0, 0.05) is 13.1 Å². The van der Waals surface area contributed by atoms with Gasteiger partial charge in [-0.05, 0) is 42.9 Å². The van der Waals surface area contributed by atoms with Crippen molar-refractivity contribution in [3.63, 3.8) is 0 Å². The molecule has 24 heavy (non-hydrogen) atoms. The highest BCUT2D eigenvalue weighted by molar-refractivity contribution is 5.84. The summed E-state index contributed by atoms with van der Waals surface area (Å²) in [5.74, 6) is 1.23. The van der Waals surface area contributed by atoms with Crippen molar-refractivity contribution >= 4 is 11.8 Å². The lowest BCUT2D eigenvalue weighted by Crippen LogP contribution is -2.52. The number of hydrogen-bond donors (Lipinski definition) is 1. The summed E-state index contributed by atoms with van der Waals surface area (Å²) in [5.41, 5.74) is 6.17. The van der Waals surface area contributed by atoms with Gasteiger partial charge in [-0.2, -0.15) is 0 Å². The fraction of sp³-hybridized carbons (Fsp3) is 0.579. The molecule has 5 heteroatoms. The number of piperidine rings is 1. The molecule has 1 unspecified atom stereocenters. The Morgan fingerprint density at radius 2 is 2.00 bits per heavy atom. The van der Waals surface area contributed by atoms with E-state index in [0.29, 0.717) is 25.4 Å². The second kappa shape index (κ2) is 6.83. The van der Waals surface area contributed by atoms with Gasteiger partial charge < -0.3 is 15.4 Å². The summed E-state index contributed by atoms with van der Waals surface area (Å²) in [4.78, 5) is 26.6. The number of nitrogens with zero attached hydrogens (tertiary/aromatic N) is 1. The molecular weight excluding hydrogens is 304 g/mol. The fourth-order valence-electron chi connectivity index (χ4n) is 3.72. The van der Waals surface area contributed by atoms with Crippen molar-refractivity contribution in [2.24, 2.45) is 17.1 Å². The van der Waals surface area contributed by atoms with Crippen molar-refractivity contribution in [2.75, 3.05) is 20.2 Å². The van der Waals surface area contributed by atoms with E-state index in [4.69, 9.17) is 10.5 Å². The highest BCUT2D eigenvalue weighted by Crippen LogP contribution is 2.44. The van der Waals surface area contributed by atoms with Gasteiger partial charge in [0.25, 0.3) is 0 Å². The second-order valence-corrected chi connectivity index (χ2v) is 7.24. The molecule has 0 radical (unpaired) electrons. The number of nitrogens with two attached hydrogens (primary N) is 1. The van der Waals surface area contributed by atoms with Gasteiger partial charge in [0.15, 0.2) is 0 Å². The molecule has 1 aromatic carbocycles. The minimum absolute atomic E-state index is 0.0706. The first-order chi connectivity index (χ1) is 11.5. The molecule has 5 nitrogen and oxygen atoms in total. The Morgan fingerprint density at radius 1 is 1.29 bits per heavy atom. The number of hydrogen-bond acceptors (Lipinski definition) is 3. The maximum atomic E-state index is 12.7. The molecule has 130 valence electrons. The van der Waals surface area contributed by atoms with Crippen LogP contribution in [0.1, 0.15) is 37.7 Å². The summed E-state index contributed by atoms with van der Waals surface area (Å²) in [6.07, 6.45) is 5.23. The lowest BCUT2D eigenvalue weighted by molar-refractivity contribution is -0.140. The van der Waals surface area contributed by atoms with E-state index in [0.717, 1.165) is 30.6 Å². The first kappa shape index (κ1) is 16.8. The Balaban J connectivity index is 1.66.